The van der Waals surface area contributed by atoms with Crippen LogP contribution in [0.3, 0.4) is 0 Å². The van der Waals surface area contributed by atoms with Crippen LogP contribution in [0.25, 0.3) is 6.08 Å². The second kappa shape index (κ2) is 11.1. The Labute approximate surface area is 188 Å². The van der Waals surface area contributed by atoms with E-state index in [1.807, 2.05) is 24.3 Å². The molecule has 31 heavy (non-hydrogen) atoms. The van der Waals surface area contributed by atoms with E-state index in [1.165, 1.54) is 22.3 Å². The number of amides is 1. The van der Waals surface area contributed by atoms with Crippen molar-refractivity contribution in [2.45, 2.75) is 52.9 Å². The lowest BCUT2D eigenvalue weighted by Crippen LogP contribution is -2.15. The average Bonchev–Trinajstić information content (AvgIpc) is 3.10. The van der Waals surface area contributed by atoms with Crippen molar-refractivity contribution in [1.29, 1.82) is 0 Å². The number of nitrogens with one attached hydrogen (secondary N) is 1. The Morgan fingerprint density at radius 2 is 2.06 bits per heavy atom. The van der Waals surface area contributed by atoms with E-state index in [0.717, 1.165) is 49.0 Å². The summed E-state index contributed by atoms with van der Waals surface area (Å²) in [5, 5.41) is 3.50. The van der Waals surface area contributed by atoms with Crippen LogP contribution in [0, 0.1) is 5.92 Å². The van der Waals surface area contributed by atoms with Crippen LogP contribution in [-0.2, 0) is 22.4 Å². The Morgan fingerprint density at radius 1 is 1.26 bits per heavy atom. The predicted octanol–water partition coefficient (Wildman–Crippen LogP) is 5.88. The number of ether oxygens (including phenoxy) is 2. The van der Waals surface area contributed by atoms with E-state index < -0.39 is 0 Å². The second-order valence-electron chi connectivity index (χ2n) is 7.84. The van der Waals surface area contributed by atoms with Crippen LogP contribution in [0.5, 0.6) is 5.75 Å². The van der Waals surface area contributed by atoms with Gasteiger partial charge in [0.15, 0.2) is 0 Å². The van der Waals surface area contributed by atoms with Gasteiger partial charge in [0.25, 0.3) is 0 Å². The number of hydrogen-bond acceptors (Lipinski definition) is 5. The smallest absolute Gasteiger partial charge is 0.341 e. The molecule has 1 aromatic heterocycles. The topological polar surface area (TPSA) is 64.6 Å². The predicted molar refractivity (Wildman–Crippen MR) is 126 cm³/mol. The SMILES string of the molecule is CCCCOc1ccccc1/C=C/C(=O)Nc1sc2c(c1C(=O)OCC)CCC(C)C2. The number of carbonyl (C=O) groups is 2. The van der Waals surface area contributed by atoms with Gasteiger partial charge in [-0.1, -0.05) is 38.5 Å². The van der Waals surface area contributed by atoms with Crippen molar-refractivity contribution in [1.82, 2.24) is 0 Å². The lowest BCUT2D eigenvalue weighted by molar-refractivity contribution is -0.111. The highest BCUT2D eigenvalue weighted by Gasteiger charge is 2.28. The molecule has 0 saturated heterocycles. The maximum absolute atomic E-state index is 12.7. The number of esters is 1. The summed E-state index contributed by atoms with van der Waals surface area (Å²) in [6, 6.07) is 7.65. The van der Waals surface area contributed by atoms with Gasteiger partial charge in [0.05, 0.1) is 18.8 Å². The van der Waals surface area contributed by atoms with E-state index in [1.54, 1.807) is 13.0 Å². The molecule has 3 rings (SSSR count). The molecule has 0 bridgehead atoms. The van der Waals surface area contributed by atoms with Crippen molar-refractivity contribution >= 4 is 34.3 Å². The van der Waals surface area contributed by atoms with Gasteiger partial charge in [-0.15, -0.1) is 11.3 Å². The maximum atomic E-state index is 12.7. The van der Waals surface area contributed by atoms with Crippen LogP contribution in [0.4, 0.5) is 5.00 Å². The summed E-state index contributed by atoms with van der Waals surface area (Å²) >= 11 is 1.50. The molecule has 5 nitrogen and oxygen atoms in total. The number of benzene rings is 1. The second-order valence-corrected chi connectivity index (χ2v) is 8.94. The normalized spacial score (nSPS) is 15.5. The van der Waals surface area contributed by atoms with Crippen molar-refractivity contribution in [3.63, 3.8) is 0 Å². The quantitative estimate of drug-likeness (QED) is 0.300. The molecule has 0 aliphatic heterocycles. The van der Waals surface area contributed by atoms with Gasteiger partial charge in [0.1, 0.15) is 10.8 Å². The minimum Gasteiger partial charge on any atom is -0.493 e. The summed E-state index contributed by atoms with van der Waals surface area (Å²) < 4.78 is 11.1. The van der Waals surface area contributed by atoms with Crippen LogP contribution < -0.4 is 10.1 Å². The van der Waals surface area contributed by atoms with E-state index in [9.17, 15) is 9.59 Å². The third-order valence-electron chi connectivity index (χ3n) is 5.32. The molecule has 1 aliphatic carbocycles. The molecule has 1 atom stereocenters. The Balaban J connectivity index is 1.77. The first kappa shape index (κ1) is 23.1. The van der Waals surface area contributed by atoms with Gasteiger partial charge >= 0.3 is 5.97 Å². The van der Waals surface area contributed by atoms with Gasteiger partial charge in [-0.2, -0.15) is 0 Å². The van der Waals surface area contributed by atoms with Crippen molar-refractivity contribution in [2.24, 2.45) is 5.92 Å². The van der Waals surface area contributed by atoms with E-state index in [2.05, 4.69) is 19.2 Å². The molecular weight excluding hydrogens is 410 g/mol. The third kappa shape index (κ3) is 5.97. The zero-order chi connectivity index (χ0) is 22.2. The summed E-state index contributed by atoms with van der Waals surface area (Å²) in [4.78, 5) is 26.5. The van der Waals surface area contributed by atoms with Crippen molar-refractivity contribution < 1.29 is 19.1 Å². The molecule has 1 aliphatic rings. The van der Waals surface area contributed by atoms with Crippen molar-refractivity contribution in [3.05, 3.63) is 51.9 Å². The minimum absolute atomic E-state index is 0.277. The van der Waals surface area contributed by atoms with Crippen LogP contribution in [0.15, 0.2) is 30.3 Å². The van der Waals surface area contributed by atoms with Crippen LogP contribution in [0.2, 0.25) is 0 Å². The first-order chi connectivity index (χ1) is 15.0. The van der Waals surface area contributed by atoms with Gasteiger partial charge in [0.2, 0.25) is 5.91 Å². The highest BCUT2D eigenvalue weighted by atomic mass is 32.1. The lowest BCUT2D eigenvalue weighted by Gasteiger charge is -2.18. The molecule has 1 aromatic carbocycles. The number of para-hydroxylation sites is 1. The highest BCUT2D eigenvalue weighted by molar-refractivity contribution is 7.17. The molecular formula is C25H31NO4S. The third-order valence-corrected chi connectivity index (χ3v) is 6.49. The molecule has 1 heterocycles. The number of carbonyl (C=O) groups excluding carboxylic acids is 2. The minimum atomic E-state index is -0.358. The fourth-order valence-electron chi connectivity index (χ4n) is 3.65. The fourth-order valence-corrected chi connectivity index (χ4v) is 5.05. The van der Waals surface area contributed by atoms with Gasteiger partial charge in [-0.25, -0.2) is 4.79 Å². The van der Waals surface area contributed by atoms with Crippen molar-refractivity contribution in [2.75, 3.05) is 18.5 Å². The number of unbranched alkanes of at least 4 members (excludes halogenated alkanes) is 1. The molecule has 6 heteroatoms. The number of anilines is 1. The molecule has 1 N–H and O–H groups in total. The highest BCUT2D eigenvalue weighted by Crippen LogP contribution is 2.40. The van der Waals surface area contributed by atoms with Gasteiger partial charge in [-0.3, -0.25) is 4.79 Å². The van der Waals surface area contributed by atoms with Gasteiger partial charge < -0.3 is 14.8 Å². The molecule has 0 radical (unpaired) electrons. The van der Waals surface area contributed by atoms with E-state index in [-0.39, 0.29) is 11.9 Å². The first-order valence-electron chi connectivity index (χ1n) is 11.1. The standard InChI is InChI=1S/C25H31NO4S/c1-4-6-15-30-20-10-8-7-9-18(20)12-14-22(27)26-24-23(25(28)29-5-2)19-13-11-17(3)16-21(19)31-24/h7-10,12,14,17H,4-6,11,13,15-16H2,1-3H3,(H,26,27)/b14-12+. The maximum Gasteiger partial charge on any atom is 0.341 e. The molecule has 0 spiro atoms. The van der Waals surface area contributed by atoms with E-state index in [0.29, 0.717) is 29.7 Å². The summed E-state index contributed by atoms with van der Waals surface area (Å²) in [7, 11) is 0. The Kier molecular flexibility index (Phi) is 8.29. The van der Waals surface area contributed by atoms with Gasteiger partial charge in [-0.05, 0) is 56.2 Å². The number of rotatable bonds is 9. The van der Waals surface area contributed by atoms with Crippen LogP contribution in [0.1, 0.15) is 66.4 Å². The fraction of sp³-hybridized carbons (Fsp3) is 0.440. The lowest BCUT2D eigenvalue weighted by atomic mass is 9.88. The van der Waals surface area contributed by atoms with Gasteiger partial charge in [0, 0.05) is 16.5 Å². The van der Waals surface area contributed by atoms with Crippen LogP contribution in [-0.4, -0.2) is 25.1 Å². The molecule has 2 aromatic rings. The summed E-state index contributed by atoms with van der Waals surface area (Å²) in [5.41, 5.74) is 2.41. The van der Waals surface area contributed by atoms with Crippen molar-refractivity contribution in [3.8, 4) is 5.75 Å². The largest absolute Gasteiger partial charge is 0.493 e. The summed E-state index contributed by atoms with van der Waals surface area (Å²) in [5.74, 6) is 0.700. The Morgan fingerprint density at radius 3 is 2.84 bits per heavy atom. The molecule has 166 valence electrons. The number of thiophene rings is 1. The monoisotopic (exact) mass is 441 g/mol. The zero-order valence-corrected chi connectivity index (χ0v) is 19.3. The summed E-state index contributed by atoms with van der Waals surface area (Å²) in [6.45, 7) is 7.08. The molecule has 0 saturated carbocycles. The summed E-state index contributed by atoms with van der Waals surface area (Å²) in [6.07, 6.45) is 8.09. The molecule has 1 unspecified atom stereocenters. The van der Waals surface area contributed by atoms with E-state index >= 15 is 0 Å². The van der Waals surface area contributed by atoms with Crippen LogP contribution >= 0.6 is 11.3 Å². The number of hydrogen-bond donors (Lipinski definition) is 1. The zero-order valence-electron chi connectivity index (χ0n) is 18.5. The van der Waals surface area contributed by atoms with E-state index in [4.69, 9.17) is 9.47 Å². The number of fused-ring (bicyclic) bond motifs is 1. The average molecular weight is 442 g/mol. The Hall–Kier alpha value is -2.60. The molecule has 0 fully saturated rings. The molecule has 1 amide bonds. The Bertz CT molecular complexity index is 947. The first-order valence-corrected chi connectivity index (χ1v) is 11.9.